The summed E-state index contributed by atoms with van der Waals surface area (Å²) in [5.41, 5.74) is 1.13. The van der Waals surface area contributed by atoms with Crippen molar-refractivity contribution in [2.24, 2.45) is 5.41 Å². The Hall–Kier alpha value is -4.20. The van der Waals surface area contributed by atoms with Crippen LogP contribution in [-0.4, -0.2) is 83.5 Å². The number of anilines is 1. The van der Waals surface area contributed by atoms with Gasteiger partial charge in [-0.15, -0.1) is 6.42 Å². The van der Waals surface area contributed by atoms with Crippen LogP contribution >= 0.6 is 0 Å². The third-order valence-corrected chi connectivity index (χ3v) is 9.34. The van der Waals surface area contributed by atoms with E-state index in [1.54, 1.807) is 12.1 Å². The molecule has 0 bridgehead atoms. The standard InChI is InChI=1S/C33H33FN6O3/c1-2-20-6-5-7-21-14-23(41)15-24(25(20)21)28-27(34)29-26-30(40-13-10-35-16-22(40)17-42-31(26)36-28)38-32(37-29)43-19-33(8-9-33)18-39-11-3-4-12-39/h1,5-7,14-15,22,35,41H,3-4,8-13,16-19H2. The number of nitrogens with one attached hydrogen (secondary N) is 1. The molecule has 43 heavy (non-hydrogen) atoms. The van der Waals surface area contributed by atoms with Gasteiger partial charge in [-0.1, -0.05) is 18.1 Å². The number of fused-ring (bicyclic) bond motifs is 3. The molecule has 220 valence electrons. The summed E-state index contributed by atoms with van der Waals surface area (Å²) in [6.45, 7) is 6.28. The maximum atomic E-state index is 16.8. The summed E-state index contributed by atoms with van der Waals surface area (Å²) >= 11 is 0. The zero-order valence-electron chi connectivity index (χ0n) is 23.9. The van der Waals surface area contributed by atoms with Crippen LogP contribution < -0.4 is 19.7 Å². The molecule has 2 saturated heterocycles. The van der Waals surface area contributed by atoms with E-state index in [2.05, 4.69) is 26.0 Å². The molecule has 2 N–H and O–H groups in total. The number of aromatic hydroxyl groups is 1. The molecule has 0 spiro atoms. The SMILES string of the molecule is C#Cc1cccc2cc(O)cc(-c3nc4c5c(nc(OCC6(CN7CCCC7)CC6)nc5c3F)N3CCNCC3CO4)c12. The summed E-state index contributed by atoms with van der Waals surface area (Å²) in [5, 5.41) is 15.8. The number of hydrogen-bond donors (Lipinski definition) is 2. The molecule has 3 aliphatic heterocycles. The predicted molar refractivity (Wildman–Crippen MR) is 162 cm³/mol. The molecule has 1 aliphatic carbocycles. The summed E-state index contributed by atoms with van der Waals surface area (Å²) in [6.07, 6.45) is 10.5. The highest BCUT2D eigenvalue weighted by atomic mass is 19.1. The Bertz CT molecular complexity index is 1800. The van der Waals surface area contributed by atoms with E-state index in [0.717, 1.165) is 39.0 Å². The average Bonchev–Trinajstić information content (AvgIpc) is 3.64. The fourth-order valence-corrected chi connectivity index (χ4v) is 6.90. The number of ether oxygens (including phenoxy) is 2. The fourth-order valence-electron chi connectivity index (χ4n) is 6.90. The summed E-state index contributed by atoms with van der Waals surface area (Å²) in [7, 11) is 0. The van der Waals surface area contributed by atoms with Gasteiger partial charge < -0.3 is 29.7 Å². The molecule has 4 aliphatic rings. The highest BCUT2D eigenvalue weighted by Gasteiger charge is 2.45. The number of phenolic OH excluding ortho intramolecular Hbond substituents is 1. The van der Waals surface area contributed by atoms with Crippen LogP contribution in [0.4, 0.5) is 10.2 Å². The van der Waals surface area contributed by atoms with E-state index in [1.165, 1.54) is 18.9 Å². The fraction of sp³-hybridized carbons (Fsp3) is 0.424. The third-order valence-electron chi connectivity index (χ3n) is 9.34. The zero-order chi connectivity index (χ0) is 29.1. The molecular weight excluding hydrogens is 547 g/mol. The first-order valence-corrected chi connectivity index (χ1v) is 15.1. The number of rotatable bonds is 6. The number of aromatic nitrogens is 3. The van der Waals surface area contributed by atoms with Gasteiger partial charge >= 0.3 is 6.01 Å². The number of hydrogen-bond acceptors (Lipinski definition) is 9. The summed E-state index contributed by atoms with van der Waals surface area (Å²) in [4.78, 5) is 18.9. The largest absolute Gasteiger partial charge is 0.508 e. The Balaban J connectivity index is 1.28. The first-order chi connectivity index (χ1) is 21.0. The van der Waals surface area contributed by atoms with Gasteiger partial charge in [0, 0.05) is 48.1 Å². The summed E-state index contributed by atoms with van der Waals surface area (Å²) < 4.78 is 29.4. The Labute approximate surface area is 249 Å². The first-order valence-electron chi connectivity index (χ1n) is 15.1. The van der Waals surface area contributed by atoms with Crippen LogP contribution in [0.25, 0.3) is 32.9 Å². The van der Waals surface area contributed by atoms with E-state index in [-0.39, 0.29) is 40.3 Å². The van der Waals surface area contributed by atoms with Gasteiger partial charge in [0.25, 0.3) is 0 Å². The van der Waals surface area contributed by atoms with Crippen LogP contribution in [0.5, 0.6) is 17.6 Å². The maximum Gasteiger partial charge on any atom is 0.319 e. The van der Waals surface area contributed by atoms with E-state index < -0.39 is 5.82 Å². The number of benzene rings is 2. The highest BCUT2D eigenvalue weighted by molar-refractivity contribution is 6.04. The van der Waals surface area contributed by atoms with Crippen molar-refractivity contribution in [3.8, 4) is 41.2 Å². The summed E-state index contributed by atoms with van der Waals surface area (Å²) in [5.74, 6) is 2.87. The van der Waals surface area contributed by atoms with Gasteiger partial charge in [0.15, 0.2) is 5.82 Å². The van der Waals surface area contributed by atoms with E-state index in [4.69, 9.17) is 25.9 Å². The predicted octanol–water partition coefficient (Wildman–Crippen LogP) is 4.10. The quantitative estimate of drug-likeness (QED) is 0.327. The van der Waals surface area contributed by atoms with Crippen LogP contribution in [0.1, 0.15) is 31.2 Å². The average molecular weight is 581 g/mol. The molecule has 2 aromatic carbocycles. The lowest BCUT2D eigenvalue weighted by atomic mass is 9.96. The monoisotopic (exact) mass is 580 g/mol. The van der Waals surface area contributed by atoms with Crippen LogP contribution in [0, 0.1) is 23.6 Å². The number of phenols is 1. The molecular formula is C33H33FN6O3. The van der Waals surface area contributed by atoms with Crippen molar-refractivity contribution >= 4 is 27.5 Å². The van der Waals surface area contributed by atoms with E-state index in [1.807, 2.05) is 12.1 Å². The zero-order valence-corrected chi connectivity index (χ0v) is 23.9. The van der Waals surface area contributed by atoms with Gasteiger partial charge in [-0.25, -0.2) is 9.37 Å². The molecule has 10 heteroatoms. The molecule has 1 saturated carbocycles. The van der Waals surface area contributed by atoms with Crippen LogP contribution in [0.3, 0.4) is 0 Å². The van der Waals surface area contributed by atoms with Crippen molar-refractivity contribution in [2.45, 2.75) is 31.7 Å². The van der Waals surface area contributed by atoms with E-state index >= 15 is 4.39 Å². The van der Waals surface area contributed by atoms with Crippen LogP contribution in [-0.2, 0) is 0 Å². The normalized spacial score (nSPS) is 20.8. The minimum absolute atomic E-state index is 0.00685. The number of piperazine rings is 1. The second-order valence-electron chi connectivity index (χ2n) is 12.3. The van der Waals surface area contributed by atoms with Crippen molar-refractivity contribution in [1.82, 2.24) is 25.2 Å². The van der Waals surface area contributed by atoms with Crippen LogP contribution in [0.15, 0.2) is 30.3 Å². The summed E-state index contributed by atoms with van der Waals surface area (Å²) in [6, 6.07) is 8.67. The Morgan fingerprint density at radius 1 is 1.14 bits per heavy atom. The molecule has 2 aromatic heterocycles. The number of halogens is 1. The van der Waals surface area contributed by atoms with Crippen molar-refractivity contribution < 1.29 is 19.0 Å². The smallest absolute Gasteiger partial charge is 0.319 e. The first kappa shape index (κ1) is 26.4. The molecule has 0 amide bonds. The van der Waals surface area contributed by atoms with Gasteiger partial charge in [0.1, 0.15) is 34.8 Å². The topological polar surface area (TPSA) is 95.9 Å². The minimum atomic E-state index is -0.638. The highest BCUT2D eigenvalue weighted by Crippen LogP contribution is 2.47. The van der Waals surface area contributed by atoms with Crippen LogP contribution in [0.2, 0.25) is 0 Å². The molecule has 8 rings (SSSR count). The molecule has 1 atom stereocenters. The lowest BCUT2D eigenvalue weighted by Crippen LogP contribution is -2.53. The van der Waals surface area contributed by atoms with Crippen molar-refractivity contribution in [3.63, 3.8) is 0 Å². The van der Waals surface area contributed by atoms with Crippen molar-refractivity contribution in [3.05, 3.63) is 41.7 Å². The van der Waals surface area contributed by atoms with E-state index in [9.17, 15) is 5.11 Å². The van der Waals surface area contributed by atoms with E-state index in [0.29, 0.717) is 59.4 Å². The molecule has 5 heterocycles. The Kier molecular flexibility index (Phi) is 6.28. The molecule has 9 nitrogen and oxygen atoms in total. The Morgan fingerprint density at radius 2 is 2.00 bits per heavy atom. The second kappa shape index (κ2) is 10.2. The maximum absolute atomic E-state index is 16.8. The van der Waals surface area contributed by atoms with Crippen molar-refractivity contribution in [1.29, 1.82) is 0 Å². The van der Waals surface area contributed by atoms with Gasteiger partial charge in [0.2, 0.25) is 5.88 Å². The minimum Gasteiger partial charge on any atom is -0.508 e. The molecule has 3 fully saturated rings. The van der Waals surface area contributed by atoms with Gasteiger partial charge in [0.05, 0.1) is 12.6 Å². The lowest BCUT2D eigenvalue weighted by Gasteiger charge is -2.35. The number of nitrogens with zero attached hydrogens (tertiary/aromatic N) is 5. The third kappa shape index (κ3) is 4.58. The second-order valence-corrected chi connectivity index (χ2v) is 12.3. The van der Waals surface area contributed by atoms with Gasteiger partial charge in [-0.2, -0.15) is 9.97 Å². The number of pyridine rings is 1. The van der Waals surface area contributed by atoms with Gasteiger partial charge in [-0.3, -0.25) is 0 Å². The van der Waals surface area contributed by atoms with Gasteiger partial charge in [-0.05, 0) is 62.4 Å². The van der Waals surface area contributed by atoms with Crippen molar-refractivity contribution in [2.75, 3.05) is 57.4 Å². The Morgan fingerprint density at radius 3 is 2.81 bits per heavy atom. The number of likely N-dealkylation sites (tertiary alicyclic amines) is 1. The molecule has 1 unspecified atom stereocenters. The number of terminal acetylenes is 1. The molecule has 4 aromatic rings. The lowest BCUT2D eigenvalue weighted by molar-refractivity contribution is 0.170. The molecule has 0 radical (unpaired) electrons.